The highest BCUT2D eigenvalue weighted by Crippen LogP contribution is 2.25. The first-order chi connectivity index (χ1) is 14.1. The highest BCUT2D eigenvalue weighted by atomic mass is 16.5. The minimum atomic E-state index is -0.195. The van der Waals surface area contributed by atoms with Crippen molar-refractivity contribution in [3.05, 3.63) is 90.0 Å². The number of carbonyl (C=O) groups excluding carboxylic acids is 1. The van der Waals surface area contributed by atoms with Crippen molar-refractivity contribution in [1.82, 2.24) is 0 Å². The minimum Gasteiger partial charge on any atom is -0.493 e. The molecule has 0 saturated carbocycles. The molecule has 0 saturated heterocycles. The summed E-state index contributed by atoms with van der Waals surface area (Å²) in [6.07, 6.45) is 0.817. The predicted molar refractivity (Wildman–Crippen MR) is 117 cm³/mol. The first-order valence-corrected chi connectivity index (χ1v) is 9.92. The molecular formula is C25H27NO3. The van der Waals surface area contributed by atoms with Gasteiger partial charge in [-0.2, -0.15) is 0 Å². The third-order valence-corrected chi connectivity index (χ3v) is 4.31. The molecule has 150 valence electrons. The number of hydrogen-bond acceptors (Lipinski definition) is 3. The zero-order valence-electron chi connectivity index (χ0n) is 16.9. The maximum Gasteiger partial charge on any atom is 0.255 e. The Morgan fingerprint density at radius 2 is 1.66 bits per heavy atom. The Morgan fingerprint density at radius 3 is 2.45 bits per heavy atom. The van der Waals surface area contributed by atoms with Gasteiger partial charge < -0.3 is 14.8 Å². The van der Waals surface area contributed by atoms with Gasteiger partial charge >= 0.3 is 0 Å². The van der Waals surface area contributed by atoms with E-state index in [0.29, 0.717) is 41.9 Å². The van der Waals surface area contributed by atoms with E-state index in [1.165, 1.54) is 5.56 Å². The first kappa shape index (κ1) is 20.5. The molecular weight excluding hydrogens is 362 g/mol. The lowest BCUT2D eigenvalue weighted by molar-refractivity contribution is 0.102. The fourth-order valence-corrected chi connectivity index (χ4v) is 2.81. The van der Waals surface area contributed by atoms with Gasteiger partial charge in [-0.3, -0.25) is 4.79 Å². The third kappa shape index (κ3) is 6.39. The van der Waals surface area contributed by atoms with E-state index in [1.54, 1.807) is 12.1 Å². The van der Waals surface area contributed by atoms with E-state index in [1.807, 2.05) is 54.6 Å². The Labute approximate surface area is 172 Å². The second-order valence-corrected chi connectivity index (χ2v) is 7.27. The Morgan fingerprint density at radius 1 is 0.897 bits per heavy atom. The number of amides is 1. The molecule has 0 radical (unpaired) electrons. The van der Waals surface area contributed by atoms with E-state index in [0.717, 1.165) is 6.42 Å². The van der Waals surface area contributed by atoms with E-state index < -0.39 is 0 Å². The molecule has 3 rings (SSSR count). The zero-order valence-corrected chi connectivity index (χ0v) is 16.9. The van der Waals surface area contributed by atoms with Gasteiger partial charge in [0.2, 0.25) is 0 Å². The SMILES string of the molecule is CC(C)COc1ccccc1NC(=O)c1cccc(OCCc2ccccc2)c1. The summed E-state index contributed by atoms with van der Waals surface area (Å²) < 4.78 is 11.6. The van der Waals surface area contributed by atoms with Crippen LogP contribution in [0.1, 0.15) is 29.8 Å². The number of nitrogens with one attached hydrogen (secondary N) is 1. The van der Waals surface area contributed by atoms with Crippen LogP contribution in [0.5, 0.6) is 11.5 Å². The van der Waals surface area contributed by atoms with Crippen LogP contribution < -0.4 is 14.8 Å². The zero-order chi connectivity index (χ0) is 20.5. The minimum absolute atomic E-state index is 0.195. The van der Waals surface area contributed by atoms with Crippen molar-refractivity contribution >= 4 is 11.6 Å². The Hall–Kier alpha value is -3.27. The van der Waals surface area contributed by atoms with Crippen LogP contribution in [-0.2, 0) is 6.42 Å². The molecule has 4 heteroatoms. The normalized spacial score (nSPS) is 10.6. The largest absolute Gasteiger partial charge is 0.493 e. The van der Waals surface area contributed by atoms with Crippen LogP contribution in [0, 0.1) is 5.92 Å². The van der Waals surface area contributed by atoms with Crippen LogP contribution in [0.2, 0.25) is 0 Å². The third-order valence-electron chi connectivity index (χ3n) is 4.31. The number of para-hydroxylation sites is 2. The number of benzene rings is 3. The molecule has 1 amide bonds. The van der Waals surface area contributed by atoms with Gasteiger partial charge in [0.15, 0.2) is 0 Å². The summed E-state index contributed by atoms with van der Waals surface area (Å²) in [4.78, 5) is 12.7. The molecule has 29 heavy (non-hydrogen) atoms. The number of carbonyl (C=O) groups is 1. The van der Waals surface area contributed by atoms with Crippen LogP contribution in [0.4, 0.5) is 5.69 Å². The second-order valence-electron chi connectivity index (χ2n) is 7.27. The quantitative estimate of drug-likeness (QED) is 0.518. The van der Waals surface area contributed by atoms with Crippen molar-refractivity contribution < 1.29 is 14.3 Å². The molecule has 3 aromatic carbocycles. The molecule has 3 aromatic rings. The molecule has 0 spiro atoms. The summed E-state index contributed by atoms with van der Waals surface area (Å²) >= 11 is 0. The van der Waals surface area contributed by atoms with Crippen molar-refractivity contribution in [3.63, 3.8) is 0 Å². The fourth-order valence-electron chi connectivity index (χ4n) is 2.81. The lowest BCUT2D eigenvalue weighted by Gasteiger charge is -2.14. The number of ether oxygens (including phenoxy) is 2. The van der Waals surface area contributed by atoms with Gasteiger partial charge in [-0.1, -0.05) is 62.4 Å². The van der Waals surface area contributed by atoms with Crippen LogP contribution in [0.15, 0.2) is 78.9 Å². The monoisotopic (exact) mass is 389 g/mol. The summed E-state index contributed by atoms with van der Waals surface area (Å²) in [5.74, 6) is 1.56. The average molecular weight is 389 g/mol. The van der Waals surface area contributed by atoms with E-state index >= 15 is 0 Å². The van der Waals surface area contributed by atoms with Gasteiger partial charge in [0, 0.05) is 12.0 Å². The van der Waals surface area contributed by atoms with Crippen LogP contribution in [-0.4, -0.2) is 19.1 Å². The Kier molecular flexibility index (Phi) is 7.28. The maximum absolute atomic E-state index is 12.7. The molecule has 0 aliphatic carbocycles. The van der Waals surface area contributed by atoms with Gasteiger partial charge in [0.05, 0.1) is 18.9 Å². The summed E-state index contributed by atoms with van der Waals surface area (Å²) in [7, 11) is 0. The molecule has 1 N–H and O–H groups in total. The highest BCUT2D eigenvalue weighted by Gasteiger charge is 2.11. The molecule has 0 bridgehead atoms. The molecule has 0 heterocycles. The molecule has 0 atom stereocenters. The second kappa shape index (κ2) is 10.3. The van der Waals surface area contributed by atoms with E-state index in [4.69, 9.17) is 9.47 Å². The molecule has 0 aromatic heterocycles. The van der Waals surface area contributed by atoms with Crippen LogP contribution in [0.3, 0.4) is 0 Å². The van der Waals surface area contributed by atoms with Crippen molar-refractivity contribution in [2.75, 3.05) is 18.5 Å². The molecule has 4 nitrogen and oxygen atoms in total. The summed E-state index contributed by atoms with van der Waals surface area (Å²) in [6, 6.07) is 24.9. The van der Waals surface area contributed by atoms with Gasteiger partial charge in [0.1, 0.15) is 11.5 Å². The smallest absolute Gasteiger partial charge is 0.255 e. The highest BCUT2D eigenvalue weighted by molar-refractivity contribution is 6.05. The first-order valence-electron chi connectivity index (χ1n) is 9.92. The van der Waals surface area contributed by atoms with Gasteiger partial charge in [-0.25, -0.2) is 0 Å². The Balaban J connectivity index is 1.61. The maximum atomic E-state index is 12.7. The standard InChI is InChI=1S/C25H27NO3/c1-19(2)18-29-24-14-7-6-13-23(24)26-25(27)21-11-8-12-22(17-21)28-16-15-20-9-4-3-5-10-20/h3-14,17,19H,15-16,18H2,1-2H3,(H,26,27). The summed E-state index contributed by atoms with van der Waals surface area (Å²) in [6.45, 7) is 5.33. The number of rotatable bonds is 9. The molecule has 0 unspecified atom stereocenters. The average Bonchev–Trinajstić information content (AvgIpc) is 2.74. The molecule has 0 fully saturated rings. The predicted octanol–water partition coefficient (Wildman–Crippen LogP) is 5.60. The van der Waals surface area contributed by atoms with E-state index in [-0.39, 0.29) is 5.91 Å². The van der Waals surface area contributed by atoms with Crippen molar-refractivity contribution in [3.8, 4) is 11.5 Å². The van der Waals surface area contributed by atoms with Crippen molar-refractivity contribution in [1.29, 1.82) is 0 Å². The van der Waals surface area contributed by atoms with Crippen molar-refractivity contribution in [2.24, 2.45) is 5.92 Å². The summed E-state index contributed by atoms with van der Waals surface area (Å²) in [5, 5.41) is 2.94. The van der Waals surface area contributed by atoms with Crippen molar-refractivity contribution in [2.45, 2.75) is 20.3 Å². The summed E-state index contributed by atoms with van der Waals surface area (Å²) in [5.41, 5.74) is 2.42. The van der Waals surface area contributed by atoms with E-state index in [9.17, 15) is 4.79 Å². The van der Waals surface area contributed by atoms with E-state index in [2.05, 4.69) is 31.3 Å². The Bertz CT molecular complexity index is 922. The fraction of sp³-hybridized carbons (Fsp3) is 0.240. The molecule has 0 aliphatic rings. The topological polar surface area (TPSA) is 47.6 Å². The number of hydrogen-bond donors (Lipinski definition) is 1. The van der Waals surface area contributed by atoms with Crippen LogP contribution >= 0.6 is 0 Å². The lowest BCUT2D eigenvalue weighted by Crippen LogP contribution is -2.14. The lowest BCUT2D eigenvalue weighted by atomic mass is 10.1. The van der Waals surface area contributed by atoms with Crippen LogP contribution in [0.25, 0.3) is 0 Å². The van der Waals surface area contributed by atoms with Gasteiger partial charge in [0.25, 0.3) is 5.91 Å². The van der Waals surface area contributed by atoms with Gasteiger partial charge in [-0.15, -0.1) is 0 Å². The number of anilines is 1. The molecule has 0 aliphatic heterocycles. The van der Waals surface area contributed by atoms with Gasteiger partial charge in [-0.05, 0) is 41.8 Å².